The van der Waals surface area contributed by atoms with Gasteiger partial charge >= 0.3 is 11.9 Å². The first-order valence-electron chi connectivity index (χ1n) is 8.09. The zero-order chi connectivity index (χ0) is 17.5. The highest BCUT2D eigenvalue weighted by molar-refractivity contribution is 5.99. The molecule has 1 saturated carbocycles. The van der Waals surface area contributed by atoms with Crippen LogP contribution >= 0.6 is 0 Å². The third kappa shape index (κ3) is 4.95. The Bertz CT molecular complexity index is 599. The standard InChI is InChI=1S/C17H23N3O4/c18-14(15(19)20-13-7-2-1-3-8-13)17(23)24-16(22)12-6-4-5-11(9-12)10-21/h4-6,9-10,13-15,20H,1-3,7-8,18-19H2. The lowest BCUT2D eigenvalue weighted by Gasteiger charge is -2.28. The second kappa shape index (κ2) is 8.68. The molecule has 0 aromatic heterocycles. The van der Waals surface area contributed by atoms with Crippen molar-refractivity contribution in [2.45, 2.75) is 50.4 Å². The first kappa shape index (κ1) is 18.3. The van der Waals surface area contributed by atoms with Crippen LogP contribution in [0.3, 0.4) is 0 Å². The van der Waals surface area contributed by atoms with Crippen molar-refractivity contribution < 1.29 is 19.1 Å². The number of carbonyl (C=O) groups excluding carboxylic acids is 3. The van der Waals surface area contributed by atoms with E-state index in [1.165, 1.54) is 24.6 Å². The lowest BCUT2D eigenvalue weighted by Crippen LogP contribution is -2.58. The molecule has 0 radical (unpaired) electrons. The Morgan fingerprint density at radius 3 is 2.58 bits per heavy atom. The lowest BCUT2D eigenvalue weighted by molar-refractivity contribution is -0.140. The fraction of sp³-hybridized carbons (Fsp3) is 0.471. The zero-order valence-corrected chi connectivity index (χ0v) is 13.4. The smallest absolute Gasteiger partial charge is 0.345 e. The van der Waals surface area contributed by atoms with Crippen LogP contribution < -0.4 is 16.8 Å². The van der Waals surface area contributed by atoms with Gasteiger partial charge in [0.25, 0.3) is 0 Å². The molecule has 1 aliphatic carbocycles. The Labute approximate surface area is 140 Å². The van der Waals surface area contributed by atoms with Crippen LogP contribution in [0.25, 0.3) is 0 Å². The average Bonchev–Trinajstić information content (AvgIpc) is 2.61. The molecule has 7 heteroatoms. The zero-order valence-electron chi connectivity index (χ0n) is 13.4. The van der Waals surface area contributed by atoms with Crippen molar-refractivity contribution in [3.63, 3.8) is 0 Å². The molecule has 2 unspecified atom stereocenters. The summed E-state index contributed by atoms with van der Waals surface area (Å²) in [5, 5.41) is 3.13. The molecule has 0 spiro atoms. The Morgan fingerprint density at radius 2 is 1.92 bits per heavy atom. The highest BCUT2D eigenvalue weighted by atomic mass is 16.6. The predicted octanol–water partition coefficient (Wildman–Crippen LogP) is 0.717. The van der Waals surface area contributed by atoms with Gasteiger partial charge in [0.2, 0.25) is 0 Å². The van der Waals surface area contributed by atoms with Crippen LogP contribution in [0.15, 0.2) is 24.3 Å². The van der Waals surface area contributed by atoms with Crippen molar-refractivity contribution in [2.24, 2.45) is 11.5 Å². The first-order chi connectivity index (χ1) is 11.5. The molecule has 2 rings (SSSR count). The largest absolute Gasteiger partial charge is 0.388 e. The highest BCUT2D eigenvalue weighted by Gasteiger charge is 2.27. The van der Waals surface area contributed by atoms with Gasteiger partial charge in [-0.15, -0.1) is 0 Å². The molecule has 0 saturated heterocycles. The van der Waals surface area contributed by atoms with Crippen LogP contribution in [0, 0.1) is 0 Å². The van der Waals surface area contributed by atoms with E-state index in [4.69, 9.17) is 16.2 Å². The topological polar surface area (TPSA) is 125 Å². The van der Waals surface area contributed by atoms with Crippen molar-refractivity contribution in [2.75, 3.05) is 0 Å². The van der Waals surface area contributed by atoms with Gasteiger partial charge in [-0.3, -0.25) is 10.1 Å². The van der Waals surface area contributed by atoms with E-state index in [9.17, 15) is 14.4 Å². The fourth-order valence-electron chi connectivity index (χ4n) is 2.75. The number of hydrogen-bond donors (Lipinski definition) is 3. The average molecular weight is 333 g/mol. The van der Waals surface area contributed by atoms with E-state index >= 15 is 0 Å². The monoisotopic (exact) mass is 333 g/mol. The van der Waals surface area contributed by atoms with Gasteiger partial charge in [0, 0.05) is 11.6 Å². The molecule has 0 heterocycles. The van der Waals surface area contributed by atoms with E-state index in [0.29, 0.717) is 11.8 Å². The summed E-state index contributed by atoms with van der Waals surface area (Å²) < 4.78 is 4.77. The summed E-state index contributed by atoms with van der Waals surface area (Å²) in [7, 11) is 0. The molecule has 7 nitrogen and oxygen atoms in total. The Balaban J connectivity index is 1.89. The van der Waals surface area contributed by atoms with Crippen molar-refractivity contribution in [3.05, 3.63) is 35.4 Å². The lowest BCUT2D eigenvalue weighted by atomic mass is 9.95. The first-order valence-corrected chi connectivity index (χ1v) is 8.09. The second-order valence-corrected chi connectivity index (χ2v) is 6.01. The number of carbonyl (C=O) groups is 3. The number of aldehydes is 1. The molecule has 1 aromatic carbocycles. The Kier molecular flexibility index (Phi) is 6.60. The van der Waals surface area contributed by atoms with Gasteiger partial charge in [-0.05, 0) is 25.0 Å². The molecular weight excluding hydrogens is 310 g/mol. The number of esters is 2. The number of nitrogens with two attached hydrogens (primary N) is 2. The predicted molar refractivity (Wildman–Crippen MR) is 88.2 cm³/mol. The van der Waals surface area contributed by atoms with Gasteiger partial charge in [0.05, 0.1) is 11.7 Å². The third-order valence-corrected chi connectivity index (χ3v) is 4.14. The van der Waals surface area contributed by atoms with Crippen LogP contribution in [0.1, 0.15) is 52.8 Å². The van der Waals surface area contributed by atoms with E-state index < -0.39 is 24.1 Å². The summed E-state index contributed by atoms with van der Waals surface area (Å²) in [6.07, 6.45) is 5.25. The van der Waals surface area contributed by atoms with E-state index in [1.54, 1.807) is 6.07 Å². The highest BCUT2D eigenvalue weighted by Crippen LogP contribution is 2.17. The second-order valence-electron chi connectivity index (χ2n) is 6.01. The molecule has 24 heavy (non-hydrogen) atoms. The van der Waals surface area contributed by atoms with Gasteiger partial charge in [-0.25, -0.2) is 9.59 Å². The van der Waals surface area contributed by atoms with E-state index in [2.05, 4.69) is 5.32 Å². The molecular formula is C17H23N3O4. The molecule has 2 atom stereocenters. The molecule has 0 aliphatic heterocycles. The molecule has 0 amide bonds. The normalized spacial score (nSPS) is 17.8. The molecule has 1 aliphatic rings. The van der Waals surface area contributed by atoms with Crippen LogP contribution in [0.2, 0.25) is 0 Å². The van der Waals surface area contributed by atoms with Crippen molar-refractivity contribution in [1.29, 1.82) is 0 Å². The number of rotatable bonds is 6. The van der Waals surface area contributed by atoms with Gasteiger partial charge in [-0.2, -0.15) is 0 Å². The van der Waals surface area contributed by atoms with Crippen LogP contribution in [0.5, 0.6) is 0 Å². The summed E-state index contributed by atoms with van der Waals surface area (Å²) in [6.45, 7) is 0. The summed E-state index contributed by atoms with van der Waals surface area (Å²) in [4.78, 5) is 34.7. The maximum atomic E-state index is 12.0. The molecule has 1 fully saturated rings. The van der Waals surface area contributed by atoms with Gasteiger partial charge in [0.1, 0.15) is 12.3 Å². The van der Waals surface area contributed by atoms with E-state index in [1.807, 2.05) is 0 Å². The van der Waals surface area contributed by atoms with Gasteiger partial charge in [-0.1, -0.05) is 31.4 Å². The van der Waals surface area contributed by atoms with E-state index in [0.717, 1.165) is 25.7 Å². The molecule has 1 aromatic rings. The maximum absolute atomic E-state index is 12.0. The maximum Gasteiger partial charge on any atom is 0.345 e. The SMILES string of the molecule is NC(NC1CCCCC1)C(N)C(=O)OC(=O)c1cccc(C=O)c1. The molecule has 5 N–H and O–H groups in total. The van der Waals surface area contributed by atoms with Gasteiger partial charge < -0.3 is 16.2 Å². The number of nitrogens with one attached hydrogen (secondary N) is 1. The fourth-order valence-corrected chi connectivity index (χ4v) is 2.75. The summed E-state index contributed by atoms with van der Waals surface area (Å²) in [5.74, 6) is -1.75. The number of hydrogen-bond acceptors (Lipinski definition) is 7. The van der Waals surface area contributed by atoms with Crippen molar-refractivity contribution >= 4 is 18.2 Å². The molecule has 130 valence electrons. The minimum Gasteiger partial charge on any atom is -0.388 e. The minimum atomic E-state index is -1.15. The Hall–Kier alpha value is -2.09. The van der Waals surface area contributed by atoms with Crippen LogP contribution in [-0.4, -0.2) is 36.5 Å². The summed E-state index contributed by atoms with van der Waals surface area (Å²) in [6, 6.07) is 4.95. The summed E-state index contributed by atoms with van der Waals surface area (Å²) in [5.41, 5.74) is 12.1. The van der Waals surface area contributed by atoms with E-state index in [-0.39, 0.29) is 11.6 Å². The summed E-state index contributed by atoms with van der Waals surface area (Å²) >= 11 is 0. The van der Waals surface area contributed by atoms with Crippen LogP contribution in [0.4, 0.5) is 0 Å². The Morgan fingerprint density at radius 1 is 1.21 bits per heavy atom. The quantitative estimate of drug-likeness (QED) is 0.303. The van der Waals surface area contributed by atoms with Gasteiger partial charge in [0.15, 0.2) is 0 Å². The third-order valence-electron chi connectivity index (χ3n) is 4.14. The minimum absolute atomic E-state index is 0.106. The van der Waals surface area contributed by atoms with Crippen LogP contribution in [-0.2, 0) is 9.53 Å². The van der Waals surface area contributed by atoms with Crippen molar-refractivity contribution in [1.82, 2.24) is 5.32 Å². The number of benzene rings is 1. The number of ether oxygens (including phenoxy) is 1. The van der Waals surface area contributed by atoms with Crippen molar-refractivity contribution in [3.8, 4) is 0 Å². The molecule has 0 bridgehead atoms.